The molecule has 144 valence electrons. The van der Waals surface area contributed by atoms with E-state index in [-0.39, 0.29) is 23.6 Å². The highest BCUT2D eigenvalue weighted by Gasteiger charge is 2.24. The summed E-state index contributed by atoms with van der Waals surface area (Å²) in [6.45, 7) is 3.68. The van der Waals surface area contributed by atoms with E-state index >= 15 is 0 Å². The highest BCUT2D eigenvalue weighted by molar-refractivity contribution is 7.99. The van der Waals surface area contributed by atoms with Crippen molar-refractivity contribution in [2.24, 2.45) is 13.0 Å². The molecule has 1 aromatic carbocycles. The Labute approximate surface area is 159 Å². The second kappa shape index (κ2) is 8.62. The van der Waals surface area contributed by atoms with Crippen LogP contribution in [0.3, 0.4) is 0 Å². The highest BCUT2D eigenvalue weighted by atomic mass is 32.2. The normalized spacial score (nSPS) is 12.0. The number of hydrogen-bond acceptors (Lipinski definition) is 7. The van der Waals surface area contributed by atoms with Crippen molar-refractivity contribution < 1.29 is 19.6 Å². The Kier molecular flexibility index (Phi) is 6.50. The monoisotopic (exact) mass is 393 g/mol. The number of nitro benzene ring substituents is 1. The van der Waals surface area contributed by atoms with Gasteiger partial charge in [0.25, 0.3) is 11.6 Å². The van der Waals surface area contributed by atoms with Crippen LogP contribution in [0.4, 0.5) is 5.69 Å². The first-order chi connectivity index (χ1) is 12.7. The molecule has 1 heterocycles. The van der Waals surface area contributed by atoms with Crippen LogP contribution in [0.5, 0.6) is 0 Å². The van der Waals surface area contributed by atoms with Crippen LogP contribution in [-0.2, 0) is 11.8 Å². The van der Waals surface area contributed by atoms with E-state index in [4.69, 9.17) is 0 Å². The second-order valence-electron chi connectivity index (χ2n) is 6.26. The first-order valence-corrected chi connectivity index (χ1v) is 8.84. The molecule has 0 aliphatic heterocycles. The lowest BCUT2D eigenvalue weighted by atomic mass is 10.0. The van der Waals surface area contributed by atoms with Gasteiger partial charge < -0.3 is 15.0 Å². The minimum absolute atomic E-state index is 0.0130. The van der Waals surface area contributed by atoms with Crippen LogP contribution >= 0.6 is 11.8 Å². The van der Waals surface area contributed by atoms with Gasteiger partial charge in [-0.3, -0.25) is 14.9 Å². The van der Waals surface area contributed by atoms with E-state index in [1.54, 1.807) is 11.6 Å². The fraction of sp³-hybridized carbons (Fsp3) is 0.375. The Balaban J connectivity index is 2.26. The smallest absolute Gasteiger partial charge is 0.326 e. The van der Waals surface area contributed by atoms with Gasteiger partial charge in [0.2, 0.25) is 0 Å². The van der Waals surface area contributed by atoms with Crippen LogP contribution in [-0.4, -0.2) is 42.7 Å². The van der Waals surface area contributed by atoms with Gasteiger partial charge in [-0.2, -0.15) is 0 Å². The number of nitro groups is 1. The molecule has 1 atom stereocenters. The molecule has 10 nitrogen and oxygen atoms in total. The van der Waals surface area contributed by atoms with Crippen molar-refractivity contribution >= 4 is 29.3 Å². The Morgan fingerprint density at radius 2 is 2.11 bits per heavy atom. The van der Waals surface area contributed by atoms with Gasteiger partial charge >= 0.3 is 5.97 Å². The van der Waals surface area contributed by atoms with Crippen LogP contribution in [0.25, 0.3) is 0 Å². The predicted molar refractivity (Wildman–Crippen MR) is 96.6 cm³/mol. The highest BCUT2D eigenvalue weighted by Crippen LogP contribution is 2.34. The van der Waals surface area contributed by atoms with Gasteiger partial charge in [0.15, 0.2) is 5.16 Å². The molecule has 11 heteroatoms. The molecular weight excluding hydrogens is 374 g/mol. The number of benzene rings is 1. The molecule has 0 saturated carbocycles. The van der Waals surface area contributed by atoms with Gasteiger partial charge in [0.1, 0.15) is 12.4 Å². The fourth-order valence-corrected chi connectivity index (χ4v) is 3.14. The number of carboxylic acids is 1. The number of aliphatic carboxylic acids is 1. The van der Waals surface area contributed by atoms with E-state index in [1.165, 1.54) is 18.5 Å². The van der Waals surface area contributed by atoms with E-state index < -0.39 is 22.8 Å². The summed E-state index contributed by atoms with van der Waals surface area (Å²) >= 11 is 1.05. The molecule has 0 fully saturated rings. The topological polar surface area (TPSA) is 140 Å². The van der Waals surface area contributed by atoms with E-state index in [0.717, 1.165) is 17.8 Å². The van der Waals surface area contributed by atoms with Crippen molar-refractivity contribution in [3.63, 3.8) is 0 Å². The summed E-state index contributed by atoms with van der Waals surface area (Å²) in [5, 5.41) is 31.1. The van der Waals surface area contributed by atoms with Gasteiger partial charge in [0, 0.05) is 18.7 Å². The number of aryl methyl sites for hydroxylation is 1. The van der Waals surface area contributed by atoms with Crippen molar-refractivity contribution in [1.82, 2.24) is 20.1 Å². The number of carboxylic acid groups (broad SMARTS) is 1. The summed E-state index contributed by atoms with van der Waals surface area (Å²) in [6.07, 6.45) is 1.72. The van der Waals surface area contributed by atoms with Crippen molar-refractivity contribution in [3.05, 3.63) is 40.2 Å². The lowest BCUT2D eigenvalue weighted by Crippen LogP contribution is -2.41. The number of rotatable bonds is 8. The van der Waals surface area contributed by atoms with Crippen LogP contribution < -0.4 is 5.32 Å². The molecule has 1 unspecified atom stereocenters. The molecule has 1 amide bonds. The SMILES string of the molecule is CC(C)CC(NC(=O)c1ccc(Sc2nncn2C)c([N+](=O)[O-])c1)C(=O)O. The largest absolute Gasteiger partial charge is 0.480 e. The Bertz CT molecular complexity index is 867. The lowest BCUT2D eigenvalue weighted by molar-refractivity contribution is -0.387. The first kappa shape index (κ1) is 20.4. The first-order valence-electron chi connectivity index (χ1n) is 8.03. The lowest BCUT2D eigenvalue weighted by Gasteiger charge is -2.16. The molecule has 0 aliphatic carbocycles. The average Bonchev–Trinajstić information content (AvgIpc) is 2.98. The van der Waals surface area contributed by atoms with Gasteiger partial charge in [-0.05, 0) is 36.2 Å². The van der Waals surface area contributed by atoms with E-state index in [0.29, 0.717) is 10.1 Å². The number of nitrogens with zero attached hydrogens (tertiary/aromatic N) is 4. The second-order valence-corrected chi connectivity index (χ2v) is 7.27. The summed E-state index contributed by atoms with van der Waals surface area (Å²) in [7, 11) is 1.71. The van der Waals surface area contributed by atoms with Gasteiger partial charge in [-0.25, -0.2) is 4.79 Å². The zero-order chi connectivity index (χ0) is 20.1. The number of carbonyl (C=O) groups excluding carboxylic acids is 1. The maximum Gasteiger partial charge on any atom is 0.326 e. The molecule has 0 spiro atoms. The summed E-state index contributed by atoms with van der Waals surface area (Å²) in [4.78, 5) is 34.8. The molecule has 27 heavy (non-hydrogen) atoms. The molecule has 0 saturated heterocycles. The molecule has 0 bridgehead atoms. The molecular formula is C16H19N5O5S. The van der Waals surface area contributed by atoms with Crippen molar-refractivity contribution in [1.29, 1.82) is 0 Å². The maximum absolute atomic E-state index is 12.4. The molecule has 2 rings (SSSR count). The number of nitrogens with one attached hydrogen (secondary N) is 1. The van der Waals surface area contributed by atoms with E-state index in [1.807, 2.05) is 13.8 Å². The number of carbonyl (C=O) groups is 2. The fourth-order valence-electron chi connectivity index (χ4n) is 2.29. The maximum atomic E-state index is 12.4. The molecule has 2 aromatic rings. The van der Waals surface area contributed by atoms with Crippen LogP contribution in [0, 0.1) is 16.0 Å². The van der Waals surface area contributed by atoms with Crippen LogP contribution in [0.15, 0.2) is 34.6 Å². The van der Waals surface area contributed by atoms with Gasteiger partial charge in [0.05, 0.1) is 9.82 Å². The van der Waals surface area contributed by atoms with Crippen LogP contribution in [0.1, 0.15) is 30.6 Å². The van der Waals surface area contributed by atoms with Crippen molar-refractivity contribution in [3.8, 4) is 0 Å². The van der Waals surface area contributed by atoms with E-state index in [9.17, 15) is 24.8 Å². The van der Waals surface area contributed by atoms with Crippen molar-refractivity contribution in [2.45, 2.75) is 36.4 Å². The third-order valence-corrected chi connectivity index (χ3v) is 4.72. The van der Waals surface area contributed by atoms with Crippen molar-refractivity contribution in [2.75, 3.05) is 0 Å². The summed E-state index contributed by atoms with van der Waals surface area (Å²) in [5.41, 5.74) is -0.259. The summed E-state index contributed by atoms with van der Waals surface area (Å²) in [5.74, 6) is -1.77. The molecule has 1 aromatic heterocycles. The number of amides is 1. The van der Waals surface area contributed by atoms with Gasteiger partial charge in [-0.1, -0.05) is 13.8 Å². The number of hydrogen-bond donors (Lipinski definition) is 2. The predicted octanol–water partition coefficient (Wildman–Crippen LogP) is 2.10. The summed E-state index contributed by atoms with van der Waals surface area (Å²) in [6, 6.07) is 2.91. The Hall–Kier alpha value is -2.95. The third kappa shape index (κ3) is 5.26. The Morgan fingerprint density at radius 1 is 1.41 bits per heavy atom. The standard InChI is InChI=1S/C16H19N5O5S/c1-9(2)6-11(15(23)24)18-14(22)10-4-5-13(12(7-10)21(25)26)27-16-19-17-8-20(16)3/h4-5,7-9,11H,6H2,1-3H3,(H,18,22)(H,23,24). The third-order valence-electron chi connectivity index (χ3n) is 3.60. The average molecular weight is 393 g/mol. The van der Waals surface area contributed by atoms with E-state index in [2.05, 4.69) is 15.5 Å². The van der Waals surface area contributed by atoms with Crippen LogP contribution in [0.2, 0.25) is 0 Å². The Morgan fingerprint density at radius 3 is 2.63 bits per heavy atom. The minimum Gasteiger partial charge on any atom is -0.480 e. The zero-order valence-electron chi connectivity index (χ0n) is 14.9. The van der Waals surface area contributed by atoms with Gasteiger partial charge in [-0.15, -0.1) is 10.2 Å². The quantitative estimate of drug-likeness (QED) is 0.513. The molecule has 0 radical (unpaired) electrons. The number of aromatic nitrogens is 3. The minimum atomic E-state index is -1.15. The molecule has 2 N–H and O–H groups in total. The zero-order valence-corrected chi connectivity index (χ0v) is 15.8. The molecule has 0 aliphatic rings. The summed E-state index contributed by atoms with van der Waals surface area (Å²) < 4.78 is 1.61.